The van der Waals surface area contributed by atoms with Gasteiger partial charge in [-0.05, 0) is 36.6 Å². The maximum atomic E-state index is 14.6. The normalized spacial score (nSPS) is 11.0. The van der Waals surface area contributed by atoms with E-state index in [0.29, 0.717) is 25.6 Å². The molecule has 0 atom stereocenters. The summed E-state index contributed by atoms with van der Waals surface area (Å²) >= 11 is 0. The molecule has 1 heterocycles. The van der Waals surface area contributed by atoms with E-state index in [1.54, 1.807) is 34.9 Å². The van der Waals surface area contributed by atoms with E-state index >= 15 is 0 Å². The highest BCUT2D eigenvalue weighted by Crippen LogP contribution is 2.35. The molecule has 7 nitrogen and oxygen atoms in total. The van der Waals surface area contributed by atoms with Crippen LogP contribution in [0.3, 0.4) is 0 Å². The summed E-state index contributed by atoms with van der Waals surface area (Å²) in [5, 5.41) is 7.77. The molecule has 0 saturated heterocycles. The molecule has 0 aliphatic carbocycles. The molecule has 0 aliphatic heterocycles. The van der Waals surface area contributed by atoms with Crippen LogP contribution in [0, 0.1) is 5.82 Å². The molecule has 34 heavy (non-hydrogen) atoms. The van der Waals surface area contributed by atoms with E-state index in [9.17, 15) is 9.18 Å². The molecule has 3 rings (SSSR count). The van der Waals surface area contributed by atoms with Crippen molar-refractivity contribution in [1.29, 1.82) is 0 Å². The minimum Gasteiger partial charge on any atom is -0.435 e. The van der Waals surface area contributed by atoms with Crippen LogP contribution >= 0.6 is 0 Å². The standard InChI is InChI=1S/C26H33FN4O3/c1-5-15-28-26(32)30(16-17-33-4)18-21-24(19(2)3)29-31(20-11-7-6-8-12-20)25(21)34-23-14-10-9-13-22(23)27/h6-14,19H,5,15-18H2,1-4H3,(H,28,32). The summed E-state index contributed by atoms with van der Waals surface area (Å²) in [6.07, 6.45) is 0.828. The Morgan fingerprint density at radius 3 is 2.50 bits per heavy atom. The predicted molar refractivity (Wildman–Crippen MR) is 130 cm³/mol. The van der Waals surface area contributed by atoms with Crippen molar-refractivity contribution >= 4 is 6.03 Å². The van der Waals surface area contributed by atoms with Gasteiger partial charge in [0.15, 0.2) is 11.6 Å². The quantitative estimate of drug-likeness (QED) is 0.404. The highest BCUT2D eigenvalue weighted by molar-refractivity contribution is 5.74. The second-order valence-electron chi connectivity index (χ2n) is 8.25. The van der Waals surface area contributed by atoms with Crippen LogP contribution in [0.2, 0.25) is 0 Å². The van der Waals surface area contributed by atoms with Gasteiger partial charge in [0.2, 0.25) is 5.88 Å². The third kappa shape index (κ3) is 6.14. The van der Waals surface area contributed by atoms with Crippen molar-refractivity contribution in [2.45, 2.75) is 39.7 Å². The first-order chi connectivity index (χ1) is 16.5. The molecule has 1 N–H and O–H groups in total. The maximum absolute atomic E-state index is 14.6. The van der Waals surface area contributed by atoms with Crippen LogP contribution in [0.4, 0.5) is 9.18 Å². The topological polar surface area (TPSA) is 68.6 Å². The number of carbonyl (C=O) groups is 1. The average Bonchev–Trinajstić information content (AvgIpc) is 3.20. The SMILES string of the molecule is CCCNC(=O)N(CCOC)Cc1c(C(C)C)nn(-c2ccccc2)c1Oc1ccccc1F. The minimum absolute atomic E-state index is 0.0471. The van der Waals surface area contributed by atoms with Crippen molar-refractivity contribution in [3.63, 3.8) is 0 Å². The number of ether oxygens (including phenoxy) is 2. The molecule has 0 saturated carbocycles. The molecule has 8 heteroatoms. The van der Waals surface area contributed by atoms with E-state index in [4.69, 9.17) is 14.6 Å². The van der Waals surface area contributed by atoms with Crippen molar-refractivity contribution in [2.24, 2.45) is 0 Å². The summed E-state index contributed by atoms with van der Waals surface area (Å²) in [6.45, 7) is 7.65. The predicted octanol–water partition coefficient (Wildman–Crippen LogP) is 5.50. The number of hydrogen-bond acceptors (Lipinski definition) is 4. The number of rotatable bonds is 11. The second kappa shape index (κ2) is 12.2. The monoisotopic (exact) mass is 468 g/mol. The molecule has 0 radical (unpaired) electrons. The van der Waals surface area contributed by atoms with E-state index in [1.807, 2.05) is 51.1 Å². The van der Waals surface area contributed by atoms with Gasteiger partial charge in [-0.1, -0.05) is 51.1 Å². The fraction of sp³-hybridized carbons (Fsp3) is 0.385. The second-order valence-corrected chi connectivity index (χ2v) is 8.25. The zero-order valence-electron chi connectivity index (χ0n) is 20.3. The molecule has 0 aliphatic rings. The van der Waals surface area contributed by atoms with Gasteiger partial charge in [0, 0.05) is 20.2 Å². The Morgan fingerprint density at radius 1 is 1.15 bits per heavy atom. The molecule has 182 valence electrons. The molecule has 0 unspecified atom stereocenters. The molecule has 1 aromatic heterocycles. The lowest BCUT2D eigenvalue weighted by Crippen LogP contribution is -2.41. The summed E-state index contributed by atoms with van der Waals surface area (Å²) in [5.74, 6) is 0.0453. The third-order valence-electron chi connectivity index (χ3n) is 5.29. The number of benzene rings is 2. The Labute approximate surface area is 200 Å². The van der Waals surface area contributed by atoms with Gasteiger partial charge in [-0.2, -0.15) is 5.10 Å². The Kier molecular flexibility index (Phi) is 9.04. The number of methoxy groups -OCH3 is 1. The van der Waals surface area contributed by atoms with Gasteiger partial charge in [0.25, 0.3) is 0 Å². The van der Waals surface area contributed by atoms with Crippen molar-refractivity contribution in [3.05, 3.63) is 71.7 Å². The van der Waals surface area contributed by atoms with E-state index in [0.717, 1.165) is 23.4 Å². The van der Waals surface area contributed by atoms with Gasteiger partial charge >= 0.3 is 6.03 Å². The van der Waals surface area contributed by atoms with Gasteiger partial charge < -0.3 is 19.7 Å². The number of para-hydroxylation sites is 2. The van der Waals surface area contributed by atoms with Gasteiger partial charge in [-0.25, -0.2) is 13.9 Å². The number of hydrogen-bond donors (Lipinski definition) is 1. The summed E-state index contributed by atoms with van der Waals surface area (Å²) in [6, 6.07) is 15.6. The average molecular weight is 469 g/mol. The minimum atomic E-state index is -0.475. The third-order valence-corrected chi connectivity index (χ3v) is 5.29. The summed E-state index contributed by atoms with van der Waals surface area (Å²) in [4.78, 5) is 14.6. The van der Waals surface area contributed by atoms with Crippen molar-refractivity contribution in [3.8, 4) is 17.3 Å². The molecular weight excluding hydrogens is 435 g/mol. The van der Waals surface area contributed by atoms with Crippen LogP contribution in [0.1, 0.15) is 44.4 Å². The zero-order chi connectivity index (χ0) is 24.5. The highest BCUT2D eigenvalue weighted by Gasteiger charge is 2.27. The van der Waals surface area contributed by atoms with Gasteiger partial charge in [-0.15, -0.1) is 0 Å². The summed E-state index contributed by atoms with van der Waals surface area (Å²) in [7, 11) is 1.60. The first kappa shape index (κ1) is 25.2. The van der Waals surface area contributed by atoms with E-state index in [2.05, 4.69) is 5.32 Å². The lowest BCUT2D eigenvalue weighted by molar-refractivity contribution is 0.146. The molecule has 2 amide bonds. The Morgan fingerprint density at radius 2 is 1.85 bits per heavy atom. The largest absolute Gasteiger partial charge is 0.435 e. The van der Waals surface area contributed by atoms with Crippen LogP contribution in [0.25, 0.3) is 5.69 Å². The first-order valence-corrected chi connectivity index (χ1v) is 11.6. The summed E-state index contributed by atoms with van der Waals surface area (Å²) in [5.41, 5.74) is 2.28. The molecule has 0 spiro atoms. The van der Waals surface area contributed by atoms with Crippen molar-refractivity contribution in [2.75, 3.05) is 26.8 Å². The fourth-order valence-corrected chi connectivity index (χ4v) is 3.53. The van der Waals surface area contributed by atoms with Crippen LogP contribution in [0.5, 0.6) is 11.6 Å². The number of aromatic nitrogens is 2. The number of nitrogens with zero attached hydrogens (tertiary/aromatic N) is 3. The molecular formula is C26H33FN4O3. The highest BCUT2D eigenvalue weighted by atomic mass is 19.1. The van der Waals surface area contributed by atoms with Gasteiger partial charge in [0.1, 0.15) is 0 Å². The number of amides is 2. The Balaban J connectivity index is 2.11. The van der Waals surface area contributed by atoms with Crippen LogP contribution in [0.15, 0.2) is 54.6 Å². The van der Waals surface area contributed by atoms with E-state index in [-0.39, 0.29) is 24.2 Å². The van der Waals surface area contributed by atoms with Crippen molar-refractivity contribution < 1.29 is 18.7 Å². The van der Waals surface area contributed by atoms with Crippen molar-refractivity contribution in [1.82, 2.24) is 20.0 Å². The number of halogens is 1. The number of nitrogens with one attached hydrogen (secondary N) is 1. The van der Waals surface area contributed by atoms with E-state index < -0.39 is 5.82 Å². The lowest BCUT2D eigenvalue weighted by Gasteiger charge is -2.24. The van der Waals surface area contributed by atoms with Crippen LogP contribution < -0.4 is 10.1 Å². The smallest absolute Gasteiger partial charge is 0.317 e. The zero-order valence-corrected chi connectivity index (χ0v) is 20.3. The first-order valence-electron chi connectivity index (χ1n) is 11.6. The number of carbonyl (C=O) groups excluding carboxylic acids is 1. The van der Waals surface area contributed by atoms with Gasteiger partial charge in [0.05, 0.1) is 30.1 Å². The molecule has 2 aromatic carbocycles. The van der Waals surface area contributed by atoms with Crippen LogP contribution in [-0.4, -0.2) is 47.5 Å². The van der Waals surface area contributed by atoms with E-state index in [1.165, 1.54) is 6.07 Å². The van der Waals surface area contributed by atoms with Gasteiger partial charge in [-0.3, -0.25) is 0 Å². The Hall–Kier alpha value is -3.39. The fourth-order valence-electron chi connectivity index (χ4n) is 3.53. The molecule has 3 aromatic rings. The molecule has 0 fully saturated rings. The van der Waals surface area contributed by atoms with Crippen LogP contribution in [-0.2, 0) is 11.3 Å². The lowest BCUT2D eigenvalue weighted by atomic mass is 10.1. The number of urea groups is 1. The summed E-state index contributed by atoms with van der Waals surface area (Å²) < 4.78 is 27.6. The maximum Gasteiger partial charge on any atom is 0.317 e. The Bertz CT molecular complexity index is 1070. The molecule has 0 bridgehead atoms.